The lowest BCUT2D eigenvalue weighted by Crippen LogP contribution is -2.41. The minimum Gasteiger partial charge on any atom is -0.384 e. The molecule has 2 aromatic rings. The molecule has 2 atom stereocenters. The fraction of sp³-hybridized carbons (Fsp3) is 0.391. The third-order valence-corrected chi connectivity index (χ3v) is 6.04. The first kappa shape index (κ1) is 17.9. The van der Waals surface area contributed by atoms with Gasteiger partial charge in [-0.3, -0.25) is 9.78 Å². The van der Waals surface area contributed by atoms with E-state index < -0.39 is 0 Å². The largest absolute Gasteiger partial charge is 0.384 e. The van der Waals surface area contributed by atoms with Crippen molar-refractivity contribution in [2.24, 2.45) is 5.92 Å². The maximum atomic E-state index is 11.9. The summed E-state index contributed by atoms with van der Waals surface area (Å²) < 4.78 is 5.57. The Labute approximate surface area is 160 Å². The summed E-state index contributed by atoms with van der Waals surface area (Å²) >= 11 is 0. The number of rotatable bonds is 3. The predicted octanol–water partition coefficient (Wildman–Crippen LogP) is 4.18. The van der Waals surface area contributed by atoms with E-state index in [-0.39, 0.29) is 0 Å². The Hall–Kier alpha value is -2.46. The topological polar surface area (TPSA) is 51.2 Å². The molecular formula is C23H26N2O2. The molecule has 0 aliphatic carbocycles. The molecule has 2 aliphatic rings. The number of carbonyl (C=O) groups is 1. The van der Waals surface area contributed by atoms with Gasteiger partial charge in [0, 0.05) is 48.8 Å². The Balaban J connectivity index is 1.81. The van der Waals surface area contributed by atoms with Crippen molar-refractivity contribution in [2.45, 2.75) is 38.6 Å². The second kappa shape index (κ2) is 7.65. The number of ether oxygens (including phenoxy) is 1. The fourth-order valence-electron chi connectivity index (χ4n) is 4.50. The van der Waals surface area contributed by atoms with Crippen LogP contribution in [0.2, 0.25) is 0 Å². The number of aldehydes is 1. The smallest absolute Gasteiger partial charge is 0.152 e. The van der Waals surface area contributed by atoms with Crippen LogP contribution < -0.4 is 5.32 Å². The zero-order chi connectivity index (χ0) is 18.8. The molecule has 4 heteroatoms. The number of fused-ring (bicyclic) bond motifs is 1. The molecule has 0 spiro atoms. The van der Waals surface area contributed by atoms with E-state index in [0.717, 1.165) is 60.3 Å². The molecule has 140 valence electrons. The first-order valence-corrected chi connectivity index (χ1v) is 9.74. The van der Waals surface area contributed by atoms with Crippen LogP contribution in [0.4, 0.5) is 0 Å². The molecule has 2 aliphatic heterocycles. The monoisotopic (exact) mass is 362 g/mol. The Morgan fingerprint density at radius 1 is 1.19 bits per heavy atom. The van der Waals surface area contributed by atoms with E-state index in [1.165, 1.54) is 5.56 Å². The van der Waals surface area contributed by atoms with Gasteiger partial charge in [-0.25, -0.2) is 0 Å². The molecule has 0 radical (unpaired) electrons. The highest BCUT2D eigenvalue weighted by Crippen LogP contribution is 2.39. The Morgan fingerprint density at radius 3 is 2.70 bits per heavy atom. The molecule has 0 saturated carbocycles. The van der Waals surface area contributed by atoms with Crippen LogP contribution in [-0.2, 0) is 9.53 Å². The van der Waals surface area contributed by atoms with Crippen LogP contribution in [0, 0.1) is 5.92 Å². The number of carbonyl (C=O) groups excluding carboxylic acids is 1. The highest BCUT2D eigenvalue weighted by atomic mass is 16.5. The molecule has 27 heavy (non-hydrogen) atoms. The predicted molar refractivity (Wildman–Crippen MR) is 107 cm³/mol. The zero-order valence-electron chi connectivity index (χ0n) is 15.9. The van der Waals surface area contributed by atoms with Gasteiger partial charge in [-0.2, -0.15) is 0 Å². The molecule has 4 rings (SSSR count). The number of allylic oxidation sites excluding steroid dienone is 2. The summed E-state index contributed by atoms with van der Waals surface area (Å²) in [5, 5.41) is 3.69. The summed E-state index contributed by atoms with van der Waals surface area (Å²) in [4.78, 5) is 16.2. The zero-order valence-corrected chi connectivity index (χ0v) is 15.9. The standard InChI is InChI=1S/C23H26N2O2/c1-15-21-12-18(19-4-3-9-24-13-19)5-6-20(21)22(14-26)16(2)25-23(15)17-7-10-27-11-8-17/h3-6,9,12-15,17,23,25H,7-8,10-11H2,1-2H3. The maximum absolute atomic E-state index is 11.9. The Bertz CT molecular complexity index is 854. The van der Waals surface area contributed by atoms with Crippen LogP contribution in [0.1, 0.15) is 43.7 Å². The lowest BCUT2D eigenvalue weighted by Gasteiger charge is -2.35. The lowest BCUT2D eigenvalue weighted by molar-refractivity contribution is -0.103. The third kappa shape index (κ3) is 3.42. The van der Waals surface area contributed by atoms with E-state index in [9.17, 15) is 4.79 Å². The first-order valence-electron chi connectivity index (χ1n) is 9.74. The SMILES string of the molecule is CC1=C(C=O)c2ccc(-c3cccnc3)cc2C(C)C(C2CCOCC2)N1. The van der Waals surface area contributed by atoms with Crippen molar-refractivity contribution >= 4 is 11.9 Å². The molecule has 2 unspecified atom stereocenters. The van der Waals surface area contributed by atoms with Crippen molar-refractivity contribution in [1.82, 2.24) is 10.3 Å². The second-order valence-corrected chi connectivity index (χ2v) is 7.61. The Morgan fingerprint density at radius 2 is 2.00 bits per heavy atom. The van der Waals surface area contributed by atoms with Crippen LogP contribution in [0.25, 0.3) is 16.7 Å². The average molecular weight is 362 g/mol. The molecule has 4 nitrogen and oxygen atoms in total. The molecule has 1 aromatic heterocycles. The molecule has 1 aromatic carbocycles. The van der Waals surface area contributed by atoms with Crippen LogP contribution in [0.15, 0.2) is 48.4 Å². The van der Waals surface area contributed by atoms with Gasteiger partial charge in [0.1, 0.15) is 0 Å². The van der Waals surface area contributed by atoms with Crippen molar-refractivity contribution < 1.29 is 9.53 Å². The first-order chi connectivity index (χ1) is 13.2. The van der Waals surface area contributed by atoms with Crippen LogP contribution in [0.3, 0.4) is 0 Å². The number of hydrogen-bond acceptors (Lipinski definition) is 4. The number of pyridine rings is 1. The minimum absolute atomic E-state index is 0.298. The van der Waals surface area contributed by atoms with Crippen LogP contribution >= 0.6 is 0 Å². The van der Waals surface area contributed by atoms with E-state index in [1.54, 1.807) is 6.20 Å². The minimum atomic E-state index is 0.298. The van der Waals surface area contributed by atoms with Crippen molar-refractivity contribution in [1.29, 1.82) is 0 Å². The van der Waals surface area contributed by atoms with Gasteiger partial charge in [-0.05, 0) is 54.0 Å². The summed E-state index contributed by atoms with van der Waals surface area (Å²) in [7, 11) is 0. The molecular weight excluding hydrogens is 336 g/mol. The quantitative estimate of drug-likeness (QED) is 0.832. The van der Waals surface area contributed by atoms with Gasteiger partial charge in [-0.1, -0.05) is 31.2 Å². The molecule has 1 fully saturated rings. The van der Waals surface area contributed by atoms with Gasteiger partial charge in [0.2, 0.25) is 0 Å². The van der Waals surface area contributed by atoms with E-state index in [0.29, 0.717) is 17.9 Å². The number of aromatic nitrogens is 1. The van der Waals surface area contributed by atoms with E-state index in [2.05, 4.69) is 41.5 Å². The summed E-state index contributed by atoms with van der Waals surface area (Å²) in [5.41, 5.74) is 6.26. The van der Waals surface area contributed by atoms with E-state index in [1.807, 2.05) is 19.2 Å². The van der Waals surface area contributed by atoms with Crippen molar-refractivity contribution in [2.75, 3.05) is 13.2 Å². The normalized spacial score (nSPS) is 23.3. The second-order valence-electron chi connectivity index (χ2n) is 7.61. The Kier molecular flexibility index (Phi) is 5.08. The van der Waals surface area contributed by atoms with Crippen molar-refractivity contribution in [3.63, 3.8) is 0 Å². The van der Waals surface area contributed by atoms with Gasteiger partial charge >= 0.3 is 0 Å². The molecule has 0 bridgehead atoms. The number of benzene rings is 1. The highest BCUT2D eigenvalue weighted by Gasteiger charge is 2.33. The number of hydrogen-bond donors (Lipinski definition) is 1. The average Bonchev–Trinajstić information content (AvgIpc) is 2.83. The highest BCUT2D eigenvalue weighted by molar-refractivity contribution is 6.09. The van der Waals surface area contributed by atoms with E-state index >= 15 is 0 Å². The van der Waals surface area contributed by atoms with Crippen LogP contribution in [0.5, 0.6) is 0 Å². The number of nitrogens with one attached hydrogen (secondary N) is 1. The van der Waals surface area contributed by atoms with Gasteiger partial charge in [0.05, 0.1) is 0 Å². The summed E-state index contributed by atoms with van der Waals surface area (Å²) in [6.45, 7) is 5.94. The van der Waals surface area contributed by atoms with Crippen molar-refractivity contribution in [3.05, 3.63) is 59.5 Å². The third-order valence-electron chi connectivity index (χ3n) is 6.04. The lowest BCUT2D eigenvalue weighted by atomic mass is 9.79. The van der Waals surface area contributed by atoms with Gasteiger partial charge < -0.3 is 10.1 Å². The van der Waals surface area contributed by atoms with Gasteiger partial charge in [0.25, 0.3) is 0 Å². The summed E-state index contributed by atoms with van der Waals surface area (Å²) in [6.07, 6.45) is 6.78. The summed E-state index contributed by atoms with van der Waals surface area (Å²) in [5.74, 6) is 0.844. The molecule has 0 amide bonds. The fourth-order valence-corrected chi connectivity index (χ4v) is 4.50. The van der Waals surface area contributed by atoms with Crippen molar-refractivity contribution in [3.8, 4) is 11.1 Å². The van der Waals surface area contributed by atoms with Gasteiger partial charge in [-0.15, -0.1) is 0 Å². The molecule has 3 heterocycles. The van der Waals surface area contributed by atoms with E-state index in [4.69, 9.17) is 4.74 Å². The summed E-state index contributed by atoms with van der Waals surface area (Å²) in [6, 6.07) is 10.8. The number of nitrogens with zero attached hydrogens (tertiary/aromatic N) is 1. The van der Waals surface area contributed by atoms with Gasteiger partial charge in [0.15, 0.2) is 6.29 Å². The maximum Gasteiger partial charge on any atom is 0.152 e. The molecule has 1 saturated heterocycles. The molecule has 1 N–H and O–H groups in total. The van der Waals surface area contributed by atoms with Crippen LogP contribution in [-0.4, -0.2) is 30.5 Å².